The lowest BCUT2D eigenvalue weighted by Gasteiger charge is -2.70. The Morgan fingerprint density at radius 2 is 1.57 bits per heavy atom. The zero-order valence-electron chi connectivity index (χ0n) is 28.5. The molecule has 1 amide bonds. The van der Waals surface area contributed by atoms with E-state index in [0.717, 1.165) is 63.4 Å². The highest BCUT2D eigenvalue weighted by Gasteiger charge is 2.70. The monoisotopic (exact) mass is 601 g/mol. The number of amides is 1. The largest absolute Gasteiger partial charge is 0.462 e. The van der Waals surface area contributed by atoms with Gasteiger partial charge < -0.3 is 10.1 Å². The quantitative estimate of drug-likeness (QED) is 0.353. The fourth-order valence-electron chi connectivity index (χ4n) is 11.8. The Hall–Kier alpha value is -2.43. The first-order chi connectivity index (χ1) is 20.5. The summed E-state index contributed by atoms with van der Waals surface area (Å²) in [6.45, 7) is 18.5. The number of allylic oxidation sites excluding steroid dienone is 2. The summed E-state index contributed by atoms with van der Waals surface area (Å²) in [5.74, 6) is 0.731. The maximum absolute atomic E-state index is 14.7. The first-order valence-electron chi connectivity index (χ1n) is 17.3. The molecule has 0 heterocycles. The van der Waals surface area contributed by atoms with E-state index < -0.39 is 5.41 Å². The van der Waals surface area contributed by atoms with Crippen LogP contribution in [-0.4, -0.2) is 23.8 Å². The molecule has 1 aromatic rings. The predicted octanol–water partition coefficient (Wildman–Crippen LogP) is 8.22. The van der Waals surface area contributed by atoms with Crippen molar-refractivity contribution in [2.75, 3.05) is 0 Å². The zero-order valence-corrected chi connectivity index (χ0v) is 28.5. The normalized spacial score (nSPS) is 44.2. The Kier molecular flexibility index (Phi) is 7.38. The van der Waals surface area contributed by atoms with Crippen LogP contribution < -0.4 is 5.32 Å². The van der Waals surface area contributed by atoms with Gasteiger partial charge in [-0.2, -0.15) is 0 Å². The number of carbonyl (C=O) groups is 3. The van der Waals surface area contributed by atoms with Crippen molar-refractivity contribution < 1.29 is 19.1 Å². The molecular formula is C39H55NO4. The Morgan fingerprint density at radius 3 is 2.25 bits per heavy atom. The molecule has 5 heteroatoms. The highest BCUT2D eigenvalue weighted by Crippen LogP contribution is 2.75. The number of hydrogen-bond donors (Lipinski definition) is 1. The van der Waals surface area contributed by atoms with Gasteiger partial charge in [-0.05, 0) is 103 Å². The standard InChI is InChI=1S/C39H55NO4/c1-25(41)44-31-15-16-37(6)30(34(31,2)3)14-17-39(8)32(37)29(42)22-27-28-23-36(5,19-18-35(28,4)20-21-38(27,39)7)33(43)40-24-26-12-10-9-11-13-26/h9-13,22,28,30-32H,14-21,23-24H2,1-8H3,(H,40,43)/t28-,30?,31-,32+,35+,36-,37-,38+,39+/m0/s1. The minimum absolute atomic E-state index is 0.0476. The molecule has 0 radical (unpaired) electrons. The second kappa shape index (κ2) is 10.3. The Labute approximate surface area is 265 Å². The van der Waals surface area contributed by atoms with Gasteiger partial charge in [0.25, 0.3) is 0 Å². The van der Waals surface area contributed by atoms with Crippen molar-refractivity contribution in [2.45, 2.75) is 126 Å². The molecule has 6 rings (SSSR count). The third kappa shape index (κ3) is 4.48. The predicted molar refractivity (Wildman–Crippen MR) is 173 cm³/mol. The number of nitrogens with one attached hydrogen (secondary N) is 1. The van der Waals surface area contributed by atoms with Crippen LogP contribution in [0.5, 0.6) is 0 Å². The van der Waals surface area contributed by atoms with Crippen molar-refractivity contribution in [1.29, 1.82) is 0 Å². The van der Waals surface area contributed by atoms with E-state index in [-0.39, 0.29) is 56.9 Å². The van der Waals surface area contributed by atoms with Gasteiger partial charge in [0, 0.05) is 30.2 Å². The molecule has 4 saturated carbocycles. The van der Waals surface area contributed by atoms with Gasteiger partial charge in [-0.25, -0.2) is 0 Å². The minimum Gasteiger partial charge on any atom is -0.462 e. The van der Waals surface area contributed by atoms with Crippen LogP contribution in [0.15, 0.2) is 42.0 Å². The number of ether oxygens (including phenoxy) is 1. The van der Waals surface area contributed by atoms with E-state index in [1.165, 1.54) is 12.5 Å². The van der Waals surface area contributed by atoms with E-state index in [0.29, 0.717) is 18.2 Å². The maximum atomic E-state index is 14.7. The molecule has 0 bridgehead atoms. The number of hydrogen-bond acceptors (Lipinski definition) is 4. The maximum Gasteiger partial charge on any atom is 0.302 e. The van der Waals surface area contributed by atoms with Gasteiger partial charge in [-0.1, -0.05) is 84.4 Å². The summed E-state index contributed by atoms with van der Waals surface area (Å²) in [7, 11) is 0. The van der Waals surface area contributed by atoms with Crippen LogP contribution in [0.1, 0.15) is 119 Å². The Balaban J connectivity index is 1.32. The lowest BCUT2D eigenvalue weighted by atomic mass is 9.33. The van der Waals surface area contributed by atoms with Crippen molar-refractivity contribution in [3.8, 4) is 0 Å². The van der Waals surface area contributed by atoms with Crippen LogP contribution in [0.25, 0.3) is 0 Å². The van der Waals surface area contributed by atoms with Crippen LogP contribution in [0.4, 0.5) is 0 Å². The first-order valence-corrected chi connectivity index (χ1v) is 17.3. The molecule has 5 aliphatic carbocycles. The van der Waals surface area contributed by atoms with Crippen molar-refractivity contribution in [1.82, 2.24) is 5.32 Å². The van der Waals surface area contributed by atoms with E-state index in [2.05, 4.69) is 72.0 Å². The highest BCUT2D eigenvalue weighted by atomic mass is 16.5. The van der Waals surface area contributed by atoms with Crippen LogP contribution in [0, 0.1) is 50.2 Å². The second-order valence-electron chi connectivity index (χ2n) is 17.4. The van der Waals surface area contributed by atoms with E-state index in [4.69, 9.17) is 4.74 Å². The number of rotatable bonds is 4. The SMILES string of the molecule is CC(=O)O[C@H]1CC[C@@]2(C)C(CC[C@]3(C)[C@@H]2C(=O)C=C2[C@@H]4C[C@@](C)(C(=O)NCc5ccccc5)CC[C@]4(C)CC[C@]23C)C1(C)C. The van der Waals surface area contributed by atoms with Crippen LogP contribution in [0.2, 0.25) is 0 Å². The fraction of sp³-hybridized carbons (Fsp3) is 0.718. The van der Waals surface area contributed by atoms with Gasteiger partial charge in [-0.15, -0.1) is 0 Å². The lowest BCUT2D eigenvalue weighted by molar-refractivity contribution is -0.210. The summed E-state index contributed by atoms with van der Waals surface area (Å²) in [4.78, 5) is 40.4. The highest BCUT2D eigenvalue weighted by molar-refractivity contribution is 5.95. The fourth-order valence-corrected chi connectivity index (χ4v) is 11.8. The molecule has 0 saturated heterocycles. The Morgan fingerprint density at radius 1 is 0.886 bits per heavy atom. The molecule has 240 valence electrons. The minimum atomic E-state index is -0.457. The molecule has 5 aliphatic rings. The summed E-state index contributed by atoms with van der Waals surface area (Å²) < 4.78 is 5.88. The lowest BCUT2D eigenvalue weighted by Crippen LogP contribution is -2.66. The Bertz CT molecular complexity index is 1380. The third-order valence-corrected chi connectivity index (χ3v) is 14.7. The third-order valence-electron chi connectivity index (χ3n) is 14.7. The number of carbonyl (C=O) groups excluding carboxylic acids is 3. The molecular weight excluding hydrogens is 546 g/mol. The van der Waals surface area contributed by atoms with E-state index in [1.54, 1.807) is 0 Å². The van der Waals surface area contributed by atoms with Crippen LogP contribution in [-0.2, 0) is 25.7 Å². The summed E-state index contributed by atoms with van der Waals surface area (Å²) in [5.41, 5.74) is 1.55. The number of benzene rings is 1. The van der Waals surface area contributed by atoms with Crippen LogP contribution in [0.3, 0.4) is 0 Å². The van der Waals surface area contributed by atoms with Crippen molar-refractivity contribution in [3.05, 3.63) is 47.5 Å². The average molecular weight is 602 g/mol. The number of fused-ring (bicyclic) bond motifs is 7. The van der Waals surface area contributed by atoms with Gasteiger partial charge in [0.1, 0.15) is 6.10 Å². The molecule has 4 fully saturated rings. The second-order valence-corrected chi connectivity index (χ2v) is 17.4. The smallest absolute Gasteiger partial charge is 0.302 e. The first kappa shape index (κ1) is 31.5. The molecule has 5 nitrogen and oxygen atoms in total. The van der Waals surface area contributed by atoms with Crippen molar-refractivity contribution in [3.63, 3.8) is 0 Å². The molecule has 0 spiro atoms. The van der Waals surface area contributed by atoms with E-state index in [9.17, 15) is 14.4 Å². The van der Waals surface area contributed by atoms with E-state index in [1.807, 2.05) is 18.2 Å². The molecule has 44 heavy (non-hydrogen) atoms. The van der Waals surface area contributed by atoms with Gasteiger partial charge in [0.15, 0.2) is 5.78 Å². The summed E-state index contributed by atoms with van der Waals surface area (Å²) in [5, 5.41) is 3.26. The number of esters is 1. The average Bonchev–Trinajstić information content (AvgIpc) is 2.95. The summed E-state index contributed by atoms with van der Waals surface area (Å²) in [6, 6.07) is 10.1. The van der Waals surface area contributed by atoms with Crippen molar-refractivity contribution >= 4 is 17.7 Å². The molecule has 0 aliphatic heterocycles. The molecule has 1 unspecified atom stereocenters. The molecule has 1 N–H and O–H groups in total. The van der Waals surface area contributed by atoms with Gasteiger partial charge >= 0.3 is 5.97 Å². The van der Waals surface area contributed by atoms with Crippen molar-refractivity contribution in [2.24, 2.45) is 50.2 Å². The molecule has 9 atom stereocenters. The topological polar surface area (TPSA) is 72.5 Å². The van der Waals surface area contributed by atoms with E-state index >= 15 is 0 Å². The summed E-state index contributed by atoms with van der Waals surface area (Å²) >= 11 is 0. The van der Waals surface area contributed by atoms with Gasteiger partial charge in [0.2, 0.25) is 5.91 Å². The zero-order chi connectivity index (χ0) is 31.9. The number of ketones is 1. The van der Waals surface area contributed by atoms with Gasteiger partial charge in [0.05, 0.1) is 0 Å². The molecule has 0 aromatic heterocycles. The van der Waals surface area contributed by atoms with Gasteiger partial charge in [-0.3, -0.25) is 14.4 Å². The molecule has 1 aromatic carbocycles. The van der Waals surface area contributed by atoms with Crippen LogP contribution >= 0.6 is 0 Å². The summed E-state index contributed by atoms with van der Waals surface area (Å²) in [6.07, 6.45) is 10.7.